The number of carboxylic acids is 1. The van der Waals surface area contributed by atoms with E-state index in [1.807, 2.05) is 6.07 Å². The summed E-state index contributed by atoms with van der Waals surface area (Å²) in [4.78, 5) is 23.3. The van der Waals surface area contributed by atoms with Crippen molar-refractivity contribution in [2.75, 3.05) is 18.5 Å². The number of carbonyl (C=O) groups is 2. The monoisotopic (exact) mass is 288 g/mol. The molecular formula is C15H16N2O4. The van der Waals surface area contributed by atoms with Crippen LogP contribution in [0, 0.1) is 5.92 Å². The molecule has 21 heavy (non-hydrogen) atoms. The summed E-state index contributed by atoms with van der Waals surface area (Å²) in [6.07, 6.45) is 3.73. The van der Waals surface area contributed by atoms with Gasteiger partial charge in [0.2, 0.25) is 0 Å². The lowest BCUT2D eigenvalue weighted by molar-refractivity contribution is -0.140. The van der Waals surface area contributed by atoms with Crippen LogP contribution in [-0.2, 0) is 4.79 Å². The minimum absolute atomic E-state index is 0.253. The van der Waals surface area contributed by atoms with Crippen molar-refractivity contribution in [1.29, 1.82) is 0 Å². The van der Waals surface area contributed by atoms with Crippen molar-refractivity contribution < 1.29 is 19.4 Å². The number of carbonyl (C=O) groups excluding carboxylic acids is 1. The Hall–Kier alpha value is -2.50. The molecule has 1 aliphatic heterocycles. The molecule has 2 unspecified atom stereocenters. The van der Waals surface area contributed by atoms with E-state index in [0.717, 1.165) is 5.69 Å². The maximum atomic E-state index is 12.3. The first-order valence-electron chi connectivity index (χ1n) is 6.87. The zero-order valence-corrected chi connectivity index (χ0v) is 11.3. The van der Waals surface area contributed by atoms with E-state index in [-0.39, 0.29) is 11.9 Å². The third-order valence-electron chi connectivity index (χ3n) is 3.64. The SMILES string of the molecule is O=C(NC1C=CC(C(=O)O)C1)c1cccc2c1OCCN2. The second-order valence-corrected chi connectivity index (χ2v) is 5.10. The van der Waals surface area contributed by atoms with Gasteiger partial charge in [-0.05, 0) is 18.6 Å². The lowest BCUT2D eigenvalue weighted by Crippen LogP contribution is -2.34. The second-order valence-electron chi connectivity index (χ2n) is 5.10. The molecular weight excluding hydrogens is 272 g/mol. The number of para-hydroxylation sites is 1. The number of benzene rings is 1. The van der Waals surface area contributed by atoms with Crippen molar-refractivity contribution in [3.8, 4) is 5.75 Å². The Morgan fingerprint density at radius 3 is 2.95 bits per heavy atom. The van der Waals surface area contributed by atoms with E-state index in [2.05, 4.69) is 10.6 Å². The van der Waals surface area contributed by atoms with Crippen LogP contribution in [0.5, 0.6) is 5.75 Å². The van der Waals surface area contributed by atoms with E-state index in [1.165, 1.54) is 0 Å². The van der Waals surface area contributed by atoms with Crippen LogP contribution in [-0.4, -0.2) is 36.2 Å². The molecule has 0 bridgehead atoms. The van der Waals surface area contributed by atoms with Crippen LogP contribution in [0.3, 0.4) is 0 Å². The molecule has 1 aromatic rings. The first-order valence-corrected chi connectivity index (χ1v) is 6.87. The molecule has 0 spiro atoms. The van der Waals surface area contributed by atoms with Gasteiger partial charge in [-0.2, -0.15) is 0 Å². The normalized spacial score (nSPS) is 22.9. The van der Waals surface area contributed by atoms with Gasteiger partial charge in [0.1, 0.15) is 6.61 Å². The highest BCUT2D eigenvalue weighted by molar-refractivity contribution is 5.99. The summed E-state index contributed by atoms with van der Waals surface area (Å²) < 4.78 is 5.56. The Bertz CT molecular complexity index is 612. The van der Waals surface area contributed by atoms with Crippen molar-refractivity contribution in [3.63, 3.8) is 0 Å². The predicted octanol–water partition coefficient (Wildman–Crippen LogP) is 1.25. The van der Waals surface area contributed by atoms with Gasteiger partial charge in [0.25, 0.3) is 5.91 Å². The molecule has 0 radical (unpaired) electrons. The number of rotatable bonds is 3. The number of hydrogen-bond donors (Lipinski definition) is 3. The minimum Gasteiger partial charge on any atom is -0.489 e. The smallest absolute Gasteiger partial charge is 0.310 e. The van der Waals surface area contributed by atoms with Crippen LogP contribution in [0.25, 0.3) is 0 Å². The third-order valence-corrected chi connectivity index (χ3v) is 3.64. The van der Waals surface area contributed by atoms with Gasteiger partial charge in [-0.15, -0.1) is 0 Å². The molecule has 6 nitrogen and oxygen atoms in total. The molecule has 1 aromatic carbocycles. The minimum atomic E-state index is -0.868. The maximum Gasteiger partial charge on any atom is 0.310 e. The molecule has 3 rings (SSSR count). The van der Waals surface area contributed by atoms with E-state index < -0.39 is 11.9 Å². The van der Waals surface area contributed by atoms with Crippen LogP contribution in [0.4, 0.5) is 5.69 Å². The summed E-state index contributed by atoms with van der Waals surface area (Å²) in [6.45, 7) is 1.23. The number of amides is 1. The summed E-state index contributed by atoms with van der Waals surface area (Å²) in [5.41, 5.74) is 1.27. The van der Waals surface area contributed by atoms with Crippen LogP contribution >= 0.6 is 0 Å². The lowest BCUT2D eigenvalue weighted by Gasteiger charge is -2.22. The molecule has 6 heteroatoms. The molecule has 1 amide bonds. The van der Waals surface area contributed by atoms with E-state index in [4.69, 9.17) is 9.84 Å². The molecule has 0 saturated heterocycles. The quantitative estimate of drug-likeness (QED) is 0.729. The van der Waals surface area contributed by atoms with Crippen molar-refractivity contribution in [1.82, 2.24) is 5.32 Å². The highest BCUT2D eigenvalue weighted by atomic mass is 16.5. The fourth-order valence-corrected chi connectivity index (χ4v) is 2.58. The maximum absolute atomic E-state index is 12.3. The highest BCUT2D eigenvalue weighted by Gasteiger charge is 2.27. The number of aliphatic carboxylic acids is 1. The van der Waals surface area contributed by atoms with Crippen LogP contribution in [0.2, 0.25) is 0 Å². The number of ether oxygens (including phenoxy) is 1. The topological polar surface area (TPSA) is 87.7 Å². The van der Waals surface area contributed by atoms with Crippen LogP contribution in [0.15, 0.2) is 30.4 Å². The largest absolute Gasteiger partial charge is 0.489 e. The summed E-state index contributed by atoms with van der Waals surface area (Å²) in [7, 11) is 0. The number of carboxylic acid groups (broad SMARTS) is 1. The van der Waals surface area contributed by atoms with Crippen LogP contribution < -0.4 is 15.4 Å². The molecule has 0 fully saturated rings. The van der Waals surface area contributed by atoms with Crippen molar-refractivity contribution >= 4 is 17.6 Å². The standard InChI is InChI=1S/C15H16N2O4/c18-14(17-10-5-4-9(8-10)15(19)20)11-2-1-3-12-13(11)21-7-6-16-12/h1-5,9-10,16H,6-8H2,(H,17,18)(H,19,20). The first kappa shape index (κ1) is 13.5. The molecule has 0 aromatic heterocycles. The zero-order valence-electron chi connectivity index (χ0n) is 11.3. The second kappa shape index (κ2) is 5.47. The van der Waals surface area contributed by atoms with E-state index in [1.54, 1.807) is 24.3 Å². The fraction of sp³-hybridized carbons (Fsp3) is 0.333. The number of hydrogen-bond acceptors (Lipinski definition) is 4. The van der Waals surface area contributed by atoms with Gasteiger partial charge in [-0.25, -0.2) is 0 Å². The molecule has 2 atom stereocenters. The molecule has 1 aliphatic carbocycles. The third kappa shape index (κ3) is 2.69. The Morgan fingerprint density at radius 2 is 2.19 bits per heavy atom. The van der Waals surface area contributed by atoms with Gasteiger partial charge >= 0.3 is 5.97 Å². The molecule has 3 N–H and O–H groups in total. The highest BCUT2D eigenvalue weighted by Crippen LogP contribution is 2.31. The predicted molar refractivity (Wildman–Crippen MR) is 76.6 cm³/mol. The molecule has 1 heterocycles. The van der Waals surface area contributed by atoms with Gasteiger partial charge < -0.3 is 20.5 Å². The first-order chi connectivity index (χ1) is 10.1. The van der Waals surface area contributed by atoms with Crippen molar-refractivity contribution in [2.24, 2.45) is 5.92 Å². The molecule has 0 saturated carbocycles. The van der Waals surface area contributed by atoms with Gasteiger partial charge in [0.15, 0.2) is 5.75 Å². The Labute approximate surface area is 121 Å². The summed E-state index contributed by atoms with van der Waals surface area (Å²) in [6, 6.07) is 5.10. The Kier molecular flexibility index (Phi) is 3.51. The van der Waals surface area contributed by atoms with E-state index >= 15 is 0 Å². The van der Waals surface area contributed by atoms with E-state index in [9.17, 15) is 9.59 Å². The number of anilines is 1. The molecule has 2 aliphatic rings. The fourth-order valence-electron chi connectivity index (χ4n) is 2.58. The number of nitrogens with one attached hydrogen (secondary N) is 2. The zero-order chi connectivity index (χ0) is 14.8. The van der Waals surface area contributed by atoms with Crippen LogP contribution in [0.1, 0.15) is 16.8 Å². The summed E-state index contributed by atoms with van der Waals surface area (Å²) in [5, 5.41) is 15.0. The van der Waals surface area contributed by atoms with Gasteiger partial charge in [-0.1, -0.05) is 18.2 Å². The van der Waals surface area contributed by atoms with Crippen molar-refractivity contribution in [2.45, 2.75) is 12.5 Å². The lowest BCUT2D eigenvalue weighted by atomic mass is 10.1. The average molecular weight is 288 g/mol. The molecule has 110 valence electrons. The summed E-state index contributed by atoms with van der Waals surface area (Å²) >= 11 is 0. The van der Waals surface area contributed by atoms with E-state index in [0.29, 0.717) is 30.9 Å². The number of fused-ring (bicyclic) bond motifs is 1. The van der Waals surface area contributed by atoms with Crippen molar-refractivity contribution in [3.05, 3.63) is 35.9 Å². The summed E-state index contributed by atoms with van der Waals surface area (Å²) in [5.74, 6) is -1.10. The Morgan fingerprint density at radius 1 is 1.33 bits per heavy atom. The van der Waals surface area contributed by atoms with Gasteiger partial charge in [0.05, 0.1) is 17.2 Å². The Balaban J connectivity index is 1.72. The average Bonchev–Trinajstić information content (AvgIpc) is 2.95. The van der Waals surface area contributed by atoms with Gasteiger partial charge in [-0.3, -0.25) is 9.59 Å². The van der Waals surface area contributed by atoms with Gasteiger partial charge in [0, 0.05) is 12.6 Å².